The standard InChI is InChI=1S/C33H41ClN2O5S/c1-21(2)31-8-4-3-7-29(37)26-12-9-24(26)18-36-19-33(15-5-6-22-16-25(34)11-13-27(22)33)20-41-30-14-10-23(17-28(30)36)32(38)35-42(31,39)40/h3-4,10-11,13-14,16-17,21,24,26,29,31,37H,5-9,12,15,18-20H2,1-2H3,(H,35,38)/b4-3-/t24-,26+,29+,31+,33-/m0/s1. The number of nitrogens with zero attached hydrogens (tertiary/aromatic N) is 1. The second-order valence-electron chi connectivity index (χ2n) is 13.1. The number of aliphatic hydroxyl groups is 1. The van der Waals surface area contributed by atoms with Crippen LogP contribution in [0.25, 0.3) is 0 Å². The van der Waals surface area contributed by atoms with E-state index in [2.05, 4.69) is 21.8 Å². The summed E-state index contributed by atoms with van der Waals surface area (Å²) in [5.74, 6) is 0.333. The number of allylic oxidation sites excluding steroid dienone is 1. The Labute approximate surface area is 254 Å². The summed E-state index contributed by atoms with van der Waals surface area (Å²) in [6.07, 6.45) is 9.00. The molecule has 2 N–H and O–H groups in total. The topological polar surface area (TPSA) is 95.9 Å². The number of nitrogens with one attached hydrogen (secondary N) is 1. The largest absolute Gasteiger partial charge is 0.490 e. The molecule has 2 heterocycles. The van der Waals surface area contributed by atoms with E-state index in [-0.39, 0.29) is 29.2 Å². The molecular formula is C33H41ClN2O5S. The molecule has 2 aromatic carbocycles. The second kappa shape index (κ2) is 11.5. The fraction of sp³-hybridized carbons (Fsp3) is 0.545. The molecule has 1 spiro atoms. The first kappa shape index (κ1) is 29.5. The summed E-state index contributed by atoms with van der Waals surface area (Å²) in [4.78, 5) is 15.7. The van der Waals surface area contributed by atoms with Crippen LogP contribution in [0.3, 0.4) is 0 Å². The first-order valence-electron chi connectivity index (χ1n) is 15.3. The predicted octanol–water partition coefficient (Wildman–Crippen LogP) is 5.63. The molecular weight excluding hydrogens is 572 g/mol. The molecule has 1 saturated carbocycles. The van der Waals surface area contributed by atoms with Gasteiger partial charge in [-0.15, -0.1) is 0 Å². The van der Waals surface area contributed by atoms with Crippen LogP contribution in [0.2, 0.25) is 5.02 Å². The summed E-state index contributed by atoms with van der Waals surface area (Å²) in [6, 6.07) is 11.4. The summed E-state index contributed by atoms with van der Waals surface area (Å²) in [5.41, 5.74) is 3.34. The van der Waals surface area contributed by atoms with Crippen molar-refractivity contribution in [1.82, 2.24) is 4.72 Å². The quantitative estimate of drug-likeness (QED) is 0.405. The zero-order valence-corrected chi connectivity index (χ0v) is 26.0. The monoisotopic (exact) mass is 612 g/mol. The maximum absolute atomic E-state index is 13.4. The number of anilines is 1. The van der Waals surface area contributed by atoms with Crippen LogP contribution >= 0.6 is 11.6 Å². The summed E-state index contributed by atoms with van der Waals surface area (Å²) < 4.78 is 35.6. The van der Waals surface area contributed by atoms with E-state index in [1.54, 1.807) is 18.2 Å². The van der Waals surface area contributed by atoms with Crippen molar-refractivity contribution in [1.29, 1.82) is 0 Å². The number of benzene rings is 2. The fourth-order valence-corrected chi connectivity index (χ4v) is 9.33. The van der Waals surface area contributed by atoms with Gasteiger partial charge in [-0.3, -0.25) is 4.79 Å². The normalized spacial score (nSPS) is 31.6. The van der Waals surface area contributed by atoms with Crippen molar-refractivity contribution < 1.29 is 23.1 Å². The van der Waals surface area contributed by atoms with Crippen LogP contribution in [0.15, 0.2) is 48.6 Å². The van der Waals surface area contributed by atoms with Crippen molar-refractivity contribution in [2.75, 3.05) is 24.6 Å². The Morgan fingerprint density at radius 2 is 1.93 bits per heavy atom. The molecule has 2 aromatic rings. The Bertz CT molecular complexity index is 1490. The highest BCUT2D eigenvalue weighted by atomic mass is 35.5. The van der Waals surface area contributed by atoms with Gasteiger partial charge in [-0.2, -0.15) is 0 Å². The number of hydrogen-bond acceptors (Lipinski definition) is 6. The minimum Gasteiger partial charge on any atom is -0.490 e. The number of ether oxygens (including phenoxy) is 1. The van der Waals surface area contributed by atoms with Crippen LogP contribution in [-0.4, -0.2) is 50.5 Å². The molecule has 9 heteroatoms. The van der Waals surface area contributed by atoms with E-state index in [4.69, 9.17) is 16.3 Å². The number of carbonyl (C=O) groups is 1. The molecule has 6 rings (SSSR count). The van der Waals surface area contributed by atoms with Crippen molar-refractivity contribution in [2.45, 2.75) is 75.6 Å². The molecule has 1 fully saturated rings. The lowest BCUT2D eigenvalue weighted by molar-refractivity contribution is 0.0177. The van der Waals surface area contributed by atoms with E-state index < -0.39 is 27.3 Å². The van der Waals surface area contributed by atoms with E-state index in [0.717, 1.165) is 49.4 Å². The van der Waals surface area contributed by atoms with Gasteiger partial charge < -0.3 is 14.7 Å². The molecule has 1 amide bonds. The lowest BCUT2D eigenvalue weighted by Crippen LogP contribution is -2.49. The predicted molar refractivity (Wildman–Crippen MR) is 166 cm³/mol. The Morgan fingerprint density at radius 1 is 1.12 bits per heavy atom. The van der Waals surface area contributed by atoms with E-state index in [0.29, 0.717) is 31.2 Å². The Kier molecular flexibility index (Phi) is 8.09. The number of aliphatic hydroxyl groups excluding tert-OH is 1. The highest BCUT2D eigenvalue weighted by Gasteiger charge is 2.44. The number of halogens is 1. The third-order valence-corrected chi connectivity index (χ3v) is 12.3. The molecule has 42 heavy (non-hydrogen) atoms. The first-order chi connectivity index (χ1) is 20.1. The van der Waals surface area contributed by atoms with Gasteiger partial charge in [0.15, 0.2) is 0 Å². The number of rotatable bonds is 1. The van der Waals surface area contributed by atoms with Crippen LogP contribution in [0.1, 0.15) is 73.9 Å². The highest BCUT2D eigenvalue weighted by molar-refractivity contribution is 7.90. The van der Waals surface area contributed by atoms with Crippen molar-refractivity contribution >= 4 is 33.2 Å². The summed E-state index contributed by atoms with van der Waals surface area (Å²) in [5, 5.41) is 11.1. The molecule has 2 bridgehead atoms. The summed E-state index contributed by atoms with van der Waals surface area (Å²) >= 11 is 6.39. The van der Waals surface area contributed by atoms with Gasteiger partial charge in [0.25, 0.3) is 5.91 Å². The first-order valence-corrected chi connectivity index (χ1v) is 17.2. The number of carbonyl (C=O) groups excluding carboxylic acids is 1. The lowest BCUT2D eigenvalue weighted by Gasteiger charge is -2.45. The SMILES string of the molecule is CC(C)[C@H]1C/C=C\C[C@@H](O)[C@@H]2CC[C@H]2CN2C[C@@]3(CCCc4cc(Cl)ccc43)COc3ccc(cc32)C(=O)NS1(=O)=O. The number of hydrogen-bond donors (Lipinski definition) is 2. The fourth-order valence-electron chi connectivity index (χ4n) is 7.53. The number of amides is 1. The third kappa shape index (κ3) is 5.58. The van der Waals surface area contributed by atoms with Gasteiger partial charge in [-0.05, 0) is 104 Å². The molecule has 2 aliphatic carbocycles. The maximum atomic E-state index is 13.4. The molecule has 7 nitrogen and oxygen atoms in total. The van der Waals surface area contributed by atoms with Crippen molar-refractivity contribution in [2.24, 2.45) is 17.8 Å². The lowest BCUT2D eigenvalue weighted by atomic mass is 9.68. The smallest absolute Gasteiger partial charge is 0.264 e. The summed E-state index contributed by atoms with van der Waals surface area (Å²) in [7, 11) is -3.94. The zero-order chi connectivity index (χ0) is 29.6. The summed E-state index contributed by atoms with van der Waals surface area (Å²) in [6.45, 7) is 5.62. The van der Waals surface area contributed by atoms with Gasteiger partial charge in [-0.1, -0.05) is 43.7 Å². The molecule has 2 aliphatic heterocycles. The zero-order valence-electron chi connectivity index (χ0n) is 24.4. The maximum Gasteiger partial charge on any atom is 0.264 e. The van der Waals surface area contributed by atoms with E-state index in [1.165, 1.54) is 11.1 Å². The van der Waals surface area contributed by atoms with E-state index in [9.17, 15) is 18.3 Å². The van der Waals surface area contributed by atoms with Crippen LogP contribution in [0.4, 0.5) is 5.69 Å². The molecule has 4 aliphatic rings. The average Bonchev–Trinajstić information content (AvgIpc) is 3.06. The van der Waals surface area contributed by atoms with Crippen LogP contribution in [0, 0.1) is 17.8 Å². The Hall–Kier alpha value is -2.55. The molecule has 0 saturated heterocycles. The average molecular weight is 613 g/mol. The van der Waals surface area contributed by atoms with Crippen molar-refractivity contribution in [3.05, 3.63) is 70.3 Å². The van der Waals surface area contributed by atoms with Gasteiger partial charge in [-0.25, -0.2) is 13.1 Å². The molecule has 0 unspecified atom stereocenters. The minimum absolute atomic E-state index is 0.166. The van der Waals surface area contributed by atoms with Gasteiger partial charge in [0.2, 0.25) is 10.0 Å². The van der Waals surface area contributed by atoms with Crippen LogP contribution < -0.4 is 14.4 Å². The highest BCUT2D eigenvalue weighted by Crippen LogP contribution is 2.47. The van der Waals surface area contributed by atoms with Crippen LogP contribution in [0.5, 0.6) is 5.75 Å². The molecule has 0 aromatic heterocycles. The number of fused-ring (bicyclic) bond motifs is 4. The van der Waals surface area contributed by atoms with Crippen molar-refractivity contribution in [3.8, 4) is 5.75 Å². The minimum atomic E-state index is -3.94. The van der Waals surface area contributed by atoms with Gasteiger partial charge in [0.1, 0.15) is 5.75 Å². The Balaban J connectivity index is 1.42. The van der Waals surface area contributed by atoms with Crippen LogP contribution in [-0.2, 0) is 21.9 Å². The second-order valence-corrected chi connectivity index (χ2v) is 15.4. The molecule has 0 radical (unpaired) electrons. The van der Waals surface area contributed by atoms with Gasteiger partial charge in [0.05, 0.1) is 23.6 Å². The Morgan fingerprint density at radius 3 is 2.69 bits per heavy atom. The van der Waals surface area contributed by atoms with E-state index in [1.807, 2.05) is 32.1 Å². The van der Waals surface area contributed by atoms with Gasteiger partial charge >= 0.3 is 0 Å². The molecule has 5 atom stereocenters. The third-order valence-electron chi connectivity index (χ3n) is 10.0. The number of sulfonamides is 1. The number of aryl methyl sites for hydroxylation is 1. The molecule has 226 valence electrons. The van der Waals surface area contributed by atoms with Gasteiger partial charge in [0, 0.05) is 29.1 Å². The van der Waals surface area contributed by atoms with Crippen molar-refractivity contribution in [3.63, 3.8) is 0 Å². The van der Waals surface area contributed by atoms with E-state index >= 15 is 0 Å².